The van der Waals surface area contributed by atoms with Crippen molar-refractivity contribution in [2.24, 2.45) is 0 Å². The highest BCUT2D eigenvalue weighted by atomic mass is 35.5. The largest absolute Gasteiger partial charge is 0.496 e. The van der Waals surface area contributed by atoms with Crippen LogP contribution in [0.3, 0.4) is 0 Å². The molecular weight excluding hydrogens is 382 g/mol. The molecule has 0 unspecified atom stereocenters. The molecule has 2 aromatic carbocycles. The first kappa shape index (κ1) is 17.8. The molecule has 0 saturated carbocycles. The van der Waals surface area contributed by atoms with Crippen LogP contribution in [0.5, 0.6) is 5.75 Å². The summed E-state index contributed by atoms with van der Waals surface area (Å²) in [5.41, 5.74) is 4.39. The first-order valence-corrected chi connectivity index (χ1v) is 9.62. The number of hydrogen-bond acceptors (Lipinski definition) is 6. The molecule has 0 aliphatic heterocycles. The van der Waals surface area contributed by atoms with E-state index >= 15 is 0 Å². The lowest BCUT2D eigenvalue weighted by molar-refractivity contribution is 0.416. The van der Waals surface area contributed by atoms with Gasteiger partial charge in [-0.1, -0.05) is 35.5 Å². The topological polar surface area (TPSA) is 76.6 Å². The Hall–Kier alpha value is -2.64. The smallest absolute Gasteiger partial charge is 0.209 e. The van der Waals surface area contributed by atoms with Crippen LogP contribution in [0.4, 0.5) is 0 Å². The second-order valence-corrected chi connectivity index (χ2v) is 7.22. The van der Waals surface area contributed by atoms with Crippen LogP contribution >= 0.6 is 23.4 Å². The summed E-state index contributed by atoms with van der Waals surface area (Å²) in [6, 6.07) is 13.2. The van der Waals surface area contributed by atoms with Gasteiger partial charge in [-0.2, -0.15) is 0 Å². The molecule has 0 radical (unpaired) electrons. The van der Waals surface area contributed by atoms with Crippen molar-refractivity contribution in [1.29, 1.82) is 0 Å². The van der Waals surface area contributed by atoms with Gasteiger partial charge in [0.25, 0.3) is 0 Å². The number of aromatic amines is 1. The van der Waals surface area contributed by atoms with Gasteiger partial charge in [0, 0.05) is 10.8 Å². The molecule has 8 heteroatoms. The molecule has 27 heavy (non-hydrogen) atoms. The van der Waals surface area contributed by atoms with E-state index in [-0.39, 0.29) is 0 Å². The van der Waals surface area contributed by atoms with Crippen LogP contribution in [0.1, 0.15) is 11.4 Å². The number of hydrogen-bond donors (Lipinski definition) is 1. The number of benzene rings is 2. The Balaban J connectivity index is 1.55. The highest BCUT2D eigenvalue weighted by Gasteiger charge is 2.13. The quantitative estimate of drug-likeness (QED) is 0.493. The third kappa shape index (κ3) is 3.74. The van der Waals surface area contributed by atoms with E-state index in [0.717, 1.165) is 28.0 Å². The van der Waals surface area contributed by atoms with Crippen LogP contribution in [0.25, 0.3) is 22.4 Å². The number of aromatic nitrogens is 5. The minimum absolute atomic E-state index is 0.609. The molecule has 2 heterocycles. The molecule has 6 nitrogen and oxygen atoms in total. The maximum Gasteiger partial charge on any atom is 0.209 e. The second kappa shape index (κ2) is 7.54. The Labute approximate surface area is 165 Å². The third-order valence-electron chi connectivity index (χ3n) is 4.06. The zero-order valence-electron chi connectivity index (χ0n) is 14.7. The summed E-state index contributed by atoms with van der Waals surface area (Å²) in [7, 11) is 1.61. The van der Waals surface area contributed by atoms with Crippen LogP contribution in [-0.4, -0.2) is 32.3 Å². The Bertz CT molecular complexity index is 1110. The fourth-order valence-corrected chi connectivity index (χ4v) is 3.67. The van der Waals surface area contributed by atoms with Crippen molar-refractivity contribution in [2.75, 3.05) is 7.11 Å². The van der Waals surface area contributed by atoms with Crippen molar-refractivity contribution in [3.63, 3.8) is 0 Å². The van der Waals surface area contributed by atoms with Gasteiger partial charge < -0.3 is 4.74 Å². The number of nitrogens with zero attached hydrogens (tertiary/aromatic N) is 4. The maximum atomic E-state index is 6.10. The van der Waals surface area contributed by atoms with Gasteiger partial charge in [0.1, 0.15) is 5.75 Å². The normalized spacial score (nSPS) is 11.1. The molecule has 0 fully saturated rings. The SMILES string of the molecule is COc1ccc(Cl)cc1-c1nc(SCc2nc3ccccc3nc2C)n[nH]1. The van der Waals surface area contributed by atoms with Crippen molar-refractivity contribution in [2.45, 2.75) is 17.8 Å². The highest BCUT2D eigenvalue weighted by Crippen LogP contribution is 2.31. The van der Waals surface area contributed by atoms with Gasteiger partial charge >= 0.3 is 0 Å². The van der Waals surface area contributed by atoms with E-state index in [9.17, 15) is 0 Å². The van der Waals surface area contributed by atoms with E-state index in [1.165, 1.54) is 11.8 Å². The first-order valence-electron chi connectivity index (χ1n) is 8.25. The van der Waals surface area contributed by atoms with Gasteiger partial charge in [0.15, 0.2) is 5.82 Å². The van der Waals surface area contributed by atoms with Gasteiger partial charge in [-0.15, -0.1) is 5.10 Å². The number of fused-ring (bicyclic) bond motifs is 1. The molecule has 4 aromatic rings. The summed E-state index contributed by atoms with van der Waals surface area (Å²) in [6.07, 6.45) is 0. The summed E-state index contributed by atoms with van der Waals surface area (Å²) < 4.78 is 5.38. The predicted molar refractivity (Wildman–Crippen MR) is 107 cm³/mol. The van der Waals surface area contributed by atoms with E-state index in [4.69, 9.17) is 21.3 Å². The molecule has 1 N–H and O–H groups in total. The molecule has 0 atom stereocenters. The molecule has 0 amide bonds. The molecule has 2 aromatic heterocycles. The minimum atomic E-state index is 0.609. The molecule has 136 valence electrons. The molecule has 4 rings (SSSR count). The van der Waals surface area contributed by atoms with Gasteiger partial charge in [0.05, 0.1) is 35.1 Å². The number of halogens is 1. The van der Waals surface area contributed by atoms with Crippen LogP contribution in [0, 0.1) is 6.92 Å². The van der Waals surface area contributed by atoms with E-state index < -0.39 is 0 Å². The van der Waals surface area contributed by atoms with Crippen molar-refractivity contribution >= 4 is 34.4 Å². The fourth-order valence-electron chi connectivity index (χ4n) is 2.69. The summed E-state index contributed by atoms with van der Waals surface area (Å²) >= 11 is 7.60. The van der Waals surface area contributed by atoms with Crippen LogP contribution in [-0.2, 0) is 5.75 Å². The summed E-state index contributed by atoms with van der Waals surface area (Å²) in [5, 5.41) is 8.47. The third-order valence-corrected chi connectivity index (χ3v) is 5.16. The lowest BCUT2D eigenvalue weighted by Gasteiger charge is -2.06. The molecule has 0 spiro atoms. The van der Waals surface area contributed by atoms with Crippen LogP contribution < -0.4 is 4.74 Å². The number of thioether (sulfide) groups is 1. The maximum absolute atomic E-state index is 6.10. The average molecular weight is 398 g/mol. The minimum Gasteiger partial charge on any atom is -0.496 e. The second-order valence-electron chi connectivity index (χ2n) is 5.84. The van der Waals surface area contributed by atoms with Crippen molar-refractivity contribution < 1.29 is 4.74 Å². The number of rotatable bonds is 5. The molecule has 0 bridgehead atoms. The zero-order chi connectivity index (χ0) is 18.8. The monoisotopic (exact) mass is 397 g/mol. The summed E-state index contributed by atoms with van der Waals surface area (Å²) in [4.78, 5) is 13.9. The summed E-state index contributed by atoms with van der Waals surface area (Å²) in [6.45, 7) is 1.97. The first-order chi connectivity index (χ1) is 13.1. The standard InChI is InChI=1S/C19H16ClN5OS/c1-11-16(22-15-6-4-3-5-14(15)21-11)10-27-19-23-18(24-25-19)13-9-12(20)7-8-17(13)26-2/h3-9H,10H2,1-2H3,(H,23,24,25). The van der Waals surface area contributed by atoms with Crippen molar-refractivity contribution in [3.8, 4) is 17.1 Å². The Morgan fingerprint density at radius 2 is 1.85 bits per heavy atom. The average Bonchev–Trinajstić information content (AvgIpc) is 3.15. The van der Waals surface area contributed by atoms with Gasteiger partial charge in [-0.05, 0) is 37.3 Å². The number of H-pyrrole nitrogens is 1. The van der Waals surface area contributed by atoms with Crippen molar-refractivity contribution in [1.82, 2.24) is 25.1 Å². The fraction of sp³-hybridized carbons (Fsp3) is 0.158. The van der Waals surface area contributed by atoms with Gasteiger partial charge in [-0.3, -0.25) is 5.10 Å². The lowest BCUT2D eigenvalue weighted by atomic mass is 10.2. The Morgan fingerprint density at radius 1 is 1.07 bits per heavy atom. The molecular formula is C19H16ClN5OS. The molecule has 0 aliphatic rings. The van der Waals surface area contributed by atoms with E-state index in [1.807, 2.05) is 31.2 Å². The lowest BCUT2D eigenvalue weighted by Crippen LogP contribution is -1.97. The molecule has 0 saturated heterocycles. The molecule has 0 aliphatic carbocycles. The number of ether oxygens (including phenoxy) is 1. The zero-order valence-corrected chi connectivity index (χ0v) is 16.3. The van der Waals surface area contributed by atoms with E-state index in [0.29, 0.717) is 27.5 Å². The Morgan fingerprint density at radius 3 is 2.63 bits per heavy atom. The number of methoxy groups -OCH3 is 1. The van der Waals surface area contributed by atoms with Crippen LogP contribution in [0.15, 0.2) is 47.6 Å². The summed E-state index contributed by atoms with van der Waals surface area (Å²) in [5.74, 6) is 1.93. The van der Waals surface area contributed by atoms with Crippen LogP contribution in [0.2, 0.25) is 5.02 Å². The number of aryl methyl sites for hydroxylation is 1. The van der Waals surface area contributed by atoms with Gasteiger partial charge in [0.2, 0.25) is 5.16 Å². The van der Waals surface area contributed by atoms with Crippen molar-refractivity contribution in [3.05, 3.63) is 58.9 Å². The van der Waals surface area contributed by atoms with E-state index in [2.05, 4.69) is 20.2 Å². The number of nitrogens with one attached hydrogen (secondary N) is 1. The van der Waals surface area contributed by atoms with Gasteiger partial charge in [-0.25, -0.2) is 15.0 Å². The predicted octanol–water partition coefficient (Wildman–Crippen LogP) is 4.68. The Kier molecular flexibility index (Phi) is 4.96. The van der Waals surface area contributed by atoms with E-state index in [1.54, 1.807) is 25.3 Å². The number of para-hydroxylation sites is 2. The highest BCUT2D eigenvalue weighted by molar-refractivity contribution is 7.98.